The third-order valence-corrected chi connectivity index (χ3v) is 3.08. The molecule has 0 aromatic heterocycles. The molecule has 2 aliphatic rings. The maximum atomic E-state index is 5.11. The minimum absolute atomic E-state index is 0.791. The first-order valence-corrected chi connectivity index (χ1v) is 4.87. The number of nitrogens with zero attached hydrogens (tertiary/aromatic N) is 1. The summed E-state index contributed by atoms with van der Waals surface area (Å²) in [7, 11) is 1.78. The van der Waals surface area contributed by atoms with Gasteiger partial charge in [0.15, 0.2) is 0 Å². The van der Waals surface area contributed by atoms with E-state index in [0.717, 1.165) is 25.2 Å². The van der Waals surface area contributed by atoms with E-state index >= 15 is 0 Å². The van der Waals surface area contributed by atoms with Crippen molar-refractivity contribution in [2.45, 2.75) is 24.9 Å². The predicted molar refractivity (Wildman–Crippen MR) is 48.3 cm³/mol. The highest BCUT2D eigenvalue weighted by atomic mass is 16.5. The molecule has 2 bridgehead atoms. The minimum Gasteiger partial charge on any atom is -0.383 e. The van der Waals surface area contributed by atoms with Gasteiger partial charge in [0.25, 0.3) is 0 Å². The first kappa shape index (κ1) is 8.48. The summed E-state index contributed by atoms with van der Waals surface area (Å²) in [6.07, 6.45) is 2.75. The van der Waals surface area contributed by atoms with E-state index in [2.05, 4.69) is 10.2 Å². The fourth-order valence-electron chi connectivity index (χ4n) is 2.43. The molecule has 12 heavy (non-hydrogen) atoms. The van der Waals surface area contributed by atoms with Crippen LogP contribution >= 0.6 is 0 Å². The fraction of sp³-hybridized carbons (Fsp3) is 1.00. The van der Waals surface area contributed by atoms with Gasteiger partial charge >= 0.3 is 0 Å². The SMILES string of the molecule is COCCN1[C@H]2CC[C@H]1CNC2. The zero-order chi connectivity index (χ0) is 8.39. The number of fused-ring (bicyclic) bond motifs is 2. The van der Waals surface area contributed by atoms with Gasteiger partial charge in [0.05, 0.1) is 6.61 Å². The van der Waals surface area contributed by atoms with E-state index in [1.54, 1.807) is 7.11 Å². The van der Waals surface area contributed by atoms with Crippen molar-refractivity contribution in [3.8, 4) is 0 Å². The van der Waals surface area contributed by atoms with Gasteiger partial charge in [0, 0.05) is 38.8 Å². The number of piperazine rings is 1. The Balaban J connectivity index is 1.87. The molecule has 0 aliphatic carbocycles. The van der Waals surface area contributed by atoms with Crippen molar-refractivity contribution in [1.29, 1.82) is 0 Å². The van der Waals surface area contributed by atoms with Gasteiger partial charge in [0.2, 0.25) is 0 Å². The molecule has 0 aromatic rings. The monoisotopic (exact) mass is 170 g/mol. The molecular formula is C9H18N2O. The van der Waals surface area contributed by atoms with Gasteiger partial charge in [-0.25, -0.2) is 0 Å². The molecule has 2 rings (SSSR count). The summed E-state index contributed by atoms with van der Waals surface area (Å²) in [4.78, 5) is 2.61. The number of ether oxygens (including phenoxy) is 1. The van der Waals surface area contributed by atoms with Gasteiger partial charge in [-0.3, -0.25) is 4.90 Å². The summed E-state index contributed by atoms with van der Waals surface area (Å²) < 4.78 is 5.11. The van der Waals surface area contributed by atoms with Crippen LogP contribution in [-0.2, 0) is 4.74 Å². The van der Waals surface area contributed by atoms with Gasteiger partial charge in [-0.2, -0.15) is 0 Å². The lowest BCUT2D eigenvalue weighted by atomic mass is 10.2. The van der Waals surface area contributed by atoms with E-state index in [-0.39, 0.29) is 0 Å². The van der Waals surface area contributed by atoms with Gasteiger partial charge in [0.1, 0.15) is 0 Å². The van der Waals surface area contributed by atoms with Crippen LogP contribution in [0.5, 0.6) is 0 Å². The van der Waals surface area contributed by atoms with Crippen molar-refractivity contribution in [2.24, 2.45) is 0 Å². The molecule has 70 valence electrons. The predicted octanol–water partition coefficient (Wildman–Crippen LogP) is 0.0690. The van der Waals surface area contributed by atoms with Gasteiger partial charge < -0.3 is 10.1 Å². The molecule has 2 atom stereocenters. The molecule has 2 aliphatic heterocycles. The average Bonchev–Trinajstić information content (AvgIpc) is 2.36. The molecule has 3 heteroatoms. The molecule has 0 spiro atoms. The Kier molecular flexibility index (Phi) is 2.63. The molecular weight excluding hydrogens is 152 g/mol. The Hall–Kier alpha value is -0.120. The van der Waals surface area contributed by atoms with E-state index < -0.39 is 0 Å². The van der Waals surface area contributed by atoms with Crippen LogP contribution in [0, 0.1) is 0 Å². The quantitative estimate of drug-likeness (QED) is 0.648. The summed E-state index contributed by atoms with van der Waals surface area (Å²) in [5.74, 6) is 0. The summed E-state index contributed by atoms with van der Waals surface area (Å²) in [6, 6.07) is 1.58. The average molecular weight is 170 g/mol. The molecule has 0 unspecified atom stereocenters. The summed E-state index contributed by atoms with van der Waals surface area (Å²) in [6.45, 7) is 4.36. The topological polar surface area (TPSA) is 24.5 Å². The van der Waals surface area contributed by atoms with E-state index in [4.69, 9.17) is 4.74 Å². The fourth-order valence-corrected chi connectivity index (χ4v) is 2.43. The second-order valence-electron chi connectivity index (χ2n) is 3.77. The van der Waals surface area contributed by atoms with Crippen molar-refractivity contribution in [1.82, 2.24) is 10.2 Å². The van der Waals surface area contributed by atoms with Crippen molar-refractivity contribution in [3.63, 3.8) is 0 Å². The largest absolute Gasteiger partial charge is 0.383 e. The van der Waals surface area contributed by atoms with Crippen molar-refractivity contribution < 1.29 is 4.74 Å². The van der Waals surface area contributed by atoms with E-state index in [9.17, 15) is 0 Å². The van der Waals surface area contributed by atoms with Gasteiger partial charge in [-0.15, -0.1) is 0 Å². The third-order valence-electron chi connectivity index (χ3n) is 3.08. The molecule has 0 saturated carbocycles. The summed E-state index contributed by atoms with van der Waals surface area (Å²) in [5.41, 5.74) is 0. The molecule has 0 amide bonds. The zero-order valence-corrected chi connectivity index (χ0v) is 7.75. The lowest BCUT2D eigenvalue weighted by Gasteiger charge is -2.34. The lowest BCUT2D eigenvalue weighted by molar-refractivity contribution is 0.0986. The van der Waals surface area contributed by atoms with Crippen molar-refractivity contribution in [2.75, 3.05) is 33.4 Å². The Morgan fingerprint density at radius 3 is 2.58 bits per heavy atom. The molecule has 2 fully saturated rings. The molecule has 2 heterocycles. The highest BCUT2D eigenvalue weighted by Gasteiger charge is 2.35. The van der Waals surface area contributed by atoms with Crippen LogP contribution in [0.25, 0.3) is 0 Å². The first-order chi connectivity index (χ1) is 5.92. The van der Waals surface area contributed by atoms with Crippen molar-refractivity contribution >= 4 is 0 Å². The third kappa shape index (κ3) is 1.49. The van der Waals surface area contributed by atoms with Crippen LogP contribution in [0.3, 0.4) is 0 Å². The molecule has 0 radical (unpaired) electrons. The summed E-state index contributed by atoms with van der Waals surface area (Å²) >= 11 is 0. The van der Waals surface area contributed by atoms with E-state index in [1.807, 2.05) is 0 Å². The molecule has 2 saturated heterocycles. The first-order valence-electron chi connectivity index (χ1n) is 4.87. The van der Waals surface area contributed by atoms with E-state index in [0.29, 0.717) is 0 Å². The Morgan fingerprint density at radius 1 is 1.33 bits per heavy atom. The van der Waals surface area contributed by atoms with Crippen LogP contribution in [0.4, 0.5) is 0 Å². The normalized spacial score (nSPS) is 35.8. The van der Waals surface area contributed by atoms with Crippen LogP contribution in [-0.4, -0.2) is 50.3 Å². The second-order valence-corrected chi connectivity index (χ2v) is 3.77. The minimum atomic E-state index is 0.791. The van der Waals surface area contributed by atoms with Crippen LogP contribution < -0.4 is 5.32 Å². The molecule has 1 N–H and O–H groups in total. The Bertz CT molecular complexity index is 135. The maximum Gasteiger partial charge on any atom is 0.0589 e. The second kappa shape index (κ2) is 3.73. The van der Waals surface area contributed by atoms with Gasteiger partial charge in [-0.05, 0) is 12.8 Å². The standard InChI is InChI=1S/C9H18N2O/c1-12-5-4-11-8-2-3-9(11)7-10-6-8/h8-10H,2-7H2,1H3/t8-,9-/m0/s1. The van der Waals surface area contributed by atoms with Crippen LogP contribution in [0.2, 0.25) is 0 Å². The van der Waals surface area contributed by atoms with Gasteiger partial charge in [-0.1, -0.05) is 0 Å². The van der Waals surface area contributed by atoms with Crippen LogP contribution in [0.1, 0.15) is 12.8 Å². The van der Waals surface area contributed by atoms with Crippen LogP contribution in [0.15, 0.2) is 0 Å². The molecule has 0 aromatic carbocycles. The maximum absolute atomic E-state index is 5.11. The molecule has 3 nitrogen and oxygen atoms in total. The highest BCUT2D eigenvalue weighted by molar-refractivity contribution is 4.93. The summed E-state index contributed by atoms with van der Waals surface area (Å²) in [5, 5.41) is 3.47. The highest BCUT2D eigenvalue weighted by Crippen LogP contribution is 2.25. The zero-order valence-electron chi connectivity index (χ0n) is 7.75. The number of rotatable bonds is 3. The Labute approximate surface area is 74.1 Å². The number of methoxy groups -OCH3 is 1. The number of nitrogens with one attached hydrogen (secondary N) is 1. The smallest absolute Gasteiger partial charge is 0.0589 e. The number of hydrogen-bond acceptors (Lipinski definition) is 3. The Morgan fingerprint density at radius 2 is 2.00 bits per heavy atom. The lowest BCUT2D eigenvalue weighted by Crippen LogP contribution is -2.52. The number of hydrogen-bond donors (Lipinski definition) is 1. The van der Waals surface area contributed by atoms with Crippen molar-refractivity contribution in [3.05, 3.63) is 0 Å². The van der Waals surface area contributed by atoms with E-state index in [1.165, 1.54) is 25.9 Å².